The van der Waals surface area contributed by atoms with Gasteiger partial charge in [-0.2, -0.15) is 13.5 Å². The van der Waals surface area contributed by atoms with E-state index in [1.54, 1.807) is 0 Å². The Bertz CT molecular complexity index is 53.5. The first-order valence-corrected chi connectivity index (χ1v) is 2.34. The molecule has 0 rings (SSSR count). The first-order valence-electron chi connectivity index (χ1n) is 2.34. The summed E-state index contributed by atoms with van der Waals surface area (Å²) in [5.41, 5.74) is 0. The highest BCUT2D eigenvalue weighted by Gasteiger charge is 1.69. The molecule has 0 spiro atoms. The zero-order chi connectivity index (χ0) is 5.54. The van der Waals surface area contributed by atoms with Crippen molar-refractivity contribution in [2.24, 2.45) is 0 Å². The molecule has 0 fully saturated rings. The van der Waals surface area contributed by atoms with E-state index in [0.717, 1.165) is 13.1 Å². The highest BCUT2D eigenvalue weighted by atomic mass is 32.1. The molecule has 48 valence electrons. The molecule has 0 bridgehead atoms. The monoisotopic (exact) mass is 131 g/mol. The number of hydrogen-bond donors (Lipinski definition) is 1. The maximum atomic E-state index is 3.54. The van der Waals surface area contributed by atoms with Gasteiger partial charge in [-0.05, 0) is 0 Å². The molecule has 8 heavy (non-hydrogen) atoms. The van der Waals surface area contributed by atoms with Crippen molar-refractivity contribution in [3.8, 4) is 0 Å². The van der Waals surface area contributed by atoms with Crippen LogP contribution < -0.4 is 5.32 Å². The van der Waals surface area contributed by atoms with Gasteiger partial charge in [-0.3, -0.25) is 0 Å². The van der Waals surface area contributed by atoms with Crippen molar-refractivity contribution in [3.05, 3.63) is 25.3 Å². The van der Waals surface area contributed by atoms with E-state index in [2.05, 4.69) is 18.5 Å². The van der Waals surface area contributed by atoms with Gasteiger partial charge < -0.3 is 5.32 Å². The predicted molar refractivity (Wildman–Crippen MR) is 43.6 cm³/mol. The quantitative estimate of drug-likeness (QED) is 0.444. The summed E-state index contributed by atoms with van der Waals surface area (Å²) < 4.78 is 0. The lowest BCUT2D eigenvalue weighted by Gasteiger charge is -1.90. The summed E-state index contributed by atoms with van der Waals surface area (Å²) in [5.74, 6) is 0. The van der Waals surface area contributed by atoms with Gasteiger partial charge in [0.25, 0.3) is 0 Å². The zero-order valence-corrected chi connectivity index (χ0v) is 5.98. The van der Waals surface area contributed by atoms with Crippen molar-refractivity contribution in [1.82, 2.24) is 5.32 Å². The predicted octanol–water partition coefficient (Wildman–Crippen LogP) is 1.06. The van der Waals surface area contributed by atoms with E-state index in [1.165, 1.54) is 0 Å². The fourth-order valence-corrected chi connectivity index (χ4v) is 0.287. The second-order valence-electron chi connectivity index (χ2n) is 1.24. The van der Waals surface area contributed by atoms with E-state index in [4.69, 9.17) is 0 Å². The van der Waals surface area contributed by atoms with Crippen molar-refractivity contribution < 1.29 is 0 Å². The third-order valence-corrected chi connectivity index (χ3v) is 0.577. The van der Waals surface area contributed by atoms with Crippen LogP contribution in [0.25, 0.3) is 0 Å². The van der Waals surface area contributed by atoms with Crippen LogP contribution in [0, 0.1) is 0 Å². The molecular formula is C6H13NS. The molecule has 0 aromatic carbocycles. The molecule has 2 heteroatoms. The molecule has 0 heterocycles. The average molecular weight is 131 g/mol. The second-order valence-corrected chi connectivity index (χ2v) is 1.24. The Kier molecular flexibility index (Phi) is 13.3. The van der Waals surface area contributed by atoms with E-state index in [9.17, 15) is 0 Å². The van der Waals surface area contributed by atoms with Gasteiger partial charge in [0.15, 0.2) is 0 Å². The van der Waals surface area contributed by atoms with Crippen LogP contribution in [-0.4, -0.2) is 13.1 Å². The smallest absolute Gasteiger partial charge is 0.0135 e. The lowest BCUT2D eigenvalue weighted by Crippen LogP contribution is -2.11. The van der Waals surface area contributed by atoms with E-state index in [0.29, 0.717) is 0 Å². The van der Waals surface area contributed by atoms with E-state index < -0.39 is 0 Å². The molecular weight excluding hydrogens is 118 g/mol. The first kappa shape index (κ1) is 10.7. The summed E-state index contributed by atoms with van der Waals surface area (Å²) in [6.45, 7) is 8.81. The Balaban J connectivity index is 0. The summed E-state index contributed by atoms with van der Waals surface area (Å²) in [6, 6.07) is 0. The maximum Gasteiger partial charge on any atom is 0.0135 e. The number of rotatable bonds is 4. The third kappa shape index (κ3) is 9.25. The highest BCUT2D eigenvalue weighted by Crippen LogP contribution is 1.59. The molecule has 0 atom stereocenters. The van der Waals surface area contributed by atoms with Crippen LogP contribution in [0.4, 0.5) is 0 Å². The summed E-state index contributed by atoms with van der Waals surface area (Å²) in [4.78, 5) is 0. The van der Waals surface area contributed by atoms with Crippen LogP contribution >= 0.6 is 13.5 Å². The van der Waals surface area contributed by atoms with Gasteiger partial charge >= 0.3 is 0 Å². The Morgan fingerprint density at radius 1 is 1.12 bits per heavy atom. The van der Waals surface area contributed by atoms with Crippen LogP contribution in [0.1, 0.15) is 0 Å². The van der Waals surface area contributed by atoms with Crippen molar-refractivity contribution in [2.75, 3.05) is 13.1 Å². The molecule has 0 aromatic rings. The molecule has 0 aliphatic rings. The number of nitrogens with one attached hydrogen (secondary N) is 1. The summed E-state index contributed by atoms with van der Waals surface area (Å²) in [6.07, 6.45) is 3.65. The first-order chi connectivity index (χ1) is 3.41. The zero-order valence-electron chi connectivity index (χ0n) is 4.98. The molecule has 1 N–H and O–H groups in total. The lowest BCUT2D eigenvalue weighted by molar-refractivity contribution is 0.845. The van der Waals surface area contributed by atoms with Gasteiger partial charge in [0.2, 0.25) is 0 Å². The van der Waals surface area contributed by atoms with Gasteiger partial charge in [0, 0.05) is 13.1 Å². The van der Waals surface area contributed by atoms with E-state index in [1.807, 2.05) is 12.2 Å². The molecule has 1 nitrogen and oxygen atoms in total. The fraction of sp³-hybridized carbons (Fsp3) is 0.333. The van der Waals surface area contributed by atoms with Gasteiger partial charge in [0.1, 0.15) is 0 Å². The minimum Gasteiger partial charge on any atom is -0.310 e. The Morgan fingerprint density at radius 3 is 1.75 bits per heavy atom. The topological polar surface area (TPSA) is 12.0 Å². The van der Waals surface area contributed by atoms with Gasteiger partial charge in [-0.1, -0.05) is 12.2 Å². The maximum absolute atomic E-state index is 3.54. The third-order valence-electron chi connectivity index (χ3n) is 0.577. The van der Waals surface area contributed by atoms with Crippen molar-refractivity contribution in [3.63, 3.8) is 0 Å². The van der Waals surface area contributed by atoms with Crippen LogP contribution in [0.5, 0.6) is 0 Å². The van der Waals surface area contributed by atoms with Crippen LogP contribution in [0.2, 0.25) is 0 Å². The minimum atomic E-state index is 0. The van der Waals surface area contributed by atoms with Crippen LogP contribution in [0.15, 0.2) is 25.3 Å². The van der Waals surface area contributed by atoms with Crippen molar-refractivity contribution in [2.45, 2.75) is 0 Å². The summed E-state index contributed by atoms with van der Waals surface area (Å²) >= 11 is 0. The second kappa shape index (κ2) is 9.92. The Morgan fingerprint density at radius 2 is 1.50 bits per heavy atom. The Labute approximate surface area is 57.9 Å². The molecule has 0 saturated heterocycles. The van der Waals surface area contributed by atoms with Gasteiger partial charge in [0.05, 0.1) is 0 Å². The standard InChI is InChI=1S/C6H11N.H2S/c1-3-5-7-6-4-2;/h3-4,7H,1-2,5-6H2;1H2. The lowest BCUT2D eigenvalue weighted by atomic mass is 10.5. The Hall–Kier alpha value is -0.210. The fourth-order valence-electron chi connectivity index (χ4n) is 0.287. The molecule has 0 unspecified atom stereocenters. The SMILES string of the molecule is C=CCNCC=C.S. The van der Waals surface area contributed by atoms with Gasteiger partial charge in [-0.25, -0.2) is 0 Å². The van der Waals surface area contributed by atoms with Crippen molar-refractivity contribution >= 4 is 13.5 Å². The normalized spacial score (nSPS) is 7.00. The molecule has 0 radical (unpaired) electrons. The van der Waals surface area contributed by atoms with Crippen LogP contribution in [-0.2, 0) is 0 Å². The van der Waals surface area contributed by atoms with Crippen LogP contribution in [0.3, 0.4) is 0 Å². The molecule has 0 aliphatic heterocycles. The van der Waals surface area contributed by atoms with Crippen molar-refractivity contribution in [1.29, 1.82) is 0 Å². The van der Waals surface area contributed by atoms with Gasteiger partial charge in [-0.15, -0.1) is 13.2 Å². The molecule has 0 aliphatic carbocycles. The summed E-state index contributed by atoms with van der Waals surface area (Å²) in [7, 11) is 0. The average Bonchev–Trinajstić information content (AvgIpc) is 1.69. The molecule has 0 aromatic heterocycles. The largest absolute Gasteiger partial charge is 0.310 e. The molecule has 0 amide bonds. The molecule has 0 saturated carbocycles. The van der Waals surface area contributed by atoms with E-state index >= 15 is 0 Å². The summed E-state index contributed by atoms with van der Waals surface area (Å²) in [5, 5.41) is 3.05. The minimum absolute atomic E-state index is 0. The number of hydrogen-bond acceptors (Lipinski definition) is 1. The van der Waals surface area contributed by atoms with E-state index in [-0.39, 0.29) is 13.5 Å². The highest BCUT2D eigenvalue weighted by molar-refractivity contribution is 7.59.